The van der Waals surface area contributed by atoms with Crippen LogP contribution in [0.5, 0.6) is 0 Å². The first-order valence-electron chi connectivity index (χ1n) is 1.76. The van der Waals surface area contributed by atoms with Crippen molar-refractivity contribution in [2.75, 3.05) is 12.5 Å². The van der Waals surface area contributed by atoms with E-state index in [4.69, 9.17) is 4.78 Å². The maximum Gasteiger partial charge on any atom is 0.113 e. The lowest BCUT2D eigenvalue weighted by Crippen LogP contribution is -2.21. The van der Waals surface area contributed by atoms with Crippen LogP contribution in [-0.2, 0) is 20.9 Å². The highest BCUT2D eigenvalue weighted by Crippen LogP contribution is 1.75. The molecule has 0 aliphatic heterocycles. The van der Waals surface area contributed by atoms with E-state index in [9.17, 15) is 8.42 Å². The Kier molecular flexibility index (Phi) is 2.58. The monoisotopic (exact) mass is 156 g/mol. The summed E-state index contributed by atoms with van der Waals surface area (Å²) in [5.74, 6) is 0. The quantitative estimate of drug-likeness (QED) is 0.563. The lowest BCUT2D eigenvalue weighted by molar-refractivity contribution is 0.671. The summed E-state index contributed by atoms with van der Waals surface area (Å²) < 4.78 is 29.3. The Labute approximate surface area is 51.4 Å². The molecule has 0 fully saturated rings. The summed E-state index contributed by atoms with van der Waals surface area (Å²) in [7, 11) is -4.12. The van der Waals surface area contributed by atoms with Crippen LogP contribution in [0.3, 0.4) is 0 Å². The molecule has 2 unspecified atom stereocenters. The van der Waals surface area contributed by atoms with E-state index in [0.29, 0.717) is 0 Å². The smallest absolute Gasteiger partial charge is 0.113 e. The molecule has 6 heteroatoms. The molecule has 0 saturated heterocycles. The van der Waals surface area contributed by atoms with Crippen molar-refractivity contribution in [2.45, 2.75) is 0 Å². The zero-order valence-electron chi connectivity index (χ0n) is 4.63. The molecule has 4 nitrogen and oxygen atoms in total. The van der Waals surface area contributed by atoms with Crippen molar-refractivity contribution >= 4 is 20.9 Å². The van der Waals surface area contributed by atoms with Crippen LogP contribution < -0.4 is 4.13 Å². The Morgan fingerprint density at radius 2 is 2.12 bits per heavy atom. The van der Waals surface area contributed by atoms with E-state index in [1.165, 1.54) is 12.5 Å². The largest absolute Gasteiger partial charge is 0.242 e. The van der Waals surface area contributed by atoms with Gasteiger partial charge in [0.15, 0.2) is 0 Å². The number of hydrogen-bond acceptors (Lipinski definition) is 3. The van der Waals surface area contributed by atoms with Gasteiger partial charge in [0.1, 0.15) is 20.9 Å². The van der Waals surface area contributed by atoms with Gasteiger partial charge in [-0.1, -0.05) is 0 Å². The van der Waals surface area contributed by atoms with Crippen LogP contribution in [0.1, 0.15) is 0 Å². The van der Waals surface area contributed by atoms with Crippen molar-refractivity contribution in [1.82, 2.24) is 4.13 Å². The van der Waals surface area contributed by atoms with Gasteiger partial charge < -0.3 is 0 Å². The topological polar surface area (TPSA) is 70.0 Å². The molecular weight excluding hydrogens is 148 g/mol. The molecule has 50 valence electrons. The molecule has 0 aromatic rings. The Morgan fingerprint density at radius 1 is 1.75 bits per heavy atom. The van der Waals surface area contributed by atoms with E-state index in [0.717, 1.165) is 0 Å². The Hall–Kier alpha value is 0.0600. The van der Waals surface area contributed by atoms with Crippen LogP contribution in [0.15, 0.2) is 0 Å². The molecule has 0 aliphatic rings. The van der Waals surface area contributed by atoms with Crippen molar-refractivity contribution in [1.29, 1.82) is 4.78 Å². The van der Waals surface area contributed by atoms with Crippen LogP contribution in [0.4, 0.5) is 0 Å². The molecule has 0 rings (SSSR count). The van der Waals surface area contributed by atoms with E-state index in [-0.39, 0.29) is 0 Å². The average molecular weight is 156 g/mol. The third-order valence-corrected chi connectivity index (χ3v) is 2.49. The summed E-state index contributed by atoms with van der Waals surface area (Å²) in [5.41, 5.74) is 0. The second kappa shape index (κ2) is 2.56. The van der Waals surface area contributed by atoms with E-state index in [1.807, 2.05) is 4.13 Å². The third kappa shape index (κ3) is 6.06. The van der Waals surface area contributed by atoms with Crippen molar-refractivity contribution in [3.63, 3.8) is 0 Å². The molecule has 0 aromatic carbocycles. The molecule has 2 N–H and O–H groups in total. The highest BCUT2D eigenvalue weighted by molar-refractivity contribution is 8.01. The van der Waals surface area contributed by atoms with Gasteiger partial charge in [-0.2, -0.15) is 0 Å². The first-order chi connectivity index (χ1) is 3.42. The third-order valence-electron chi connectivity index (χ3n) is 0.276. The first kappa shape index (κ1) is 8.06. The van der Waals surface area contributed by atoms with Gasteiger partial charge in [-0.05, 0) is 0 Å². The Morgan fingerprint density at radius 3 is 2.12 bits per heavy atom. The molecule has 0 radical (unpaired) electrons. The minimum Gasteiger partial charge on any atom is -0.242 e. The van der Waals surface area contributed by atoms with Crippen LogP contribution in [0, 0.1) is 4.78 Å². The molecule has 0 amide bonds. The predicted octanol–water partition coefficient (Wildman–Crippen LogP) is -0.539. The van der Waals surface area contributed by atoms with Crippen molar-refractivity contribution < 1.29 is 8.42 Å². The summed E-state index contributed by atoms with van der Waals surface area (Å²) in [5, 5.41) is 0. The zero-order valence-corrected chi connectivity index (χ0v) is 6.27. The van der Waals surface area contributed by atoms with Crippen LogP contribution in [-0.4, -0.2) is 20.9 Å². The van der Waals surface area contributed by atoms with Crippen LogP contribution in [0.25, 0.3) is 0 Å². The lowest BCUT2D eigenvalue weighted by atomic mass is 12.0. The Balaban J connectivity index is 3.95. The summed E-state index contributed by atoms with van der Waals surface area (Å²) >= 11 is 0. The van der Waals surface area contributed by atoms with Gasteiger partial charge in [-0.15, -0.1) is 4.13 Å². The summed E-state index contributed by atoms with van der Waals surface area (Å²) in [6.45, 7) is 0. The van der Waals surface area contributed by atoms with E-state index < -0.39 is 20.9 Å². The second-order valence-electron chi connectivity index (χ2n) is 1.38. The fourth-order valence-electron chi connectivity index (χ4n) is 0.224. The fourth-order valence-corrected chi connectivity index (χ4v) is 2.02. The minimum absolute atomic E-state index is 1.18. The van der Waals surface area contributed by atoms with Crippen LogP contribution in [0.2, 0.25) is 0 Å². The fraction of sp³-hybridized carbons (Fsp3) is 1.00. The van der Waals surface area contributed by atoms with Crippen molar-refractivity contribution in [3.8, 4) is 0 Å². The standard InChI is InChI=1S/C2H8N2O2S2/c1-7(5)4-8(2,3)6/h1-2H3,(H2,3,4,6). The van der Waals surface area contributed by atoms with Gasteiger partial charge in [0.2, 0.25) is 0 Å². The number of rotatable bonds is 2. The molecule has 0 heterocycles. The highest BCUT2D eigenvalue weighted by Gasteiger charge is 1.95. The molecule has 0 saturated carbocycles. The van der Waals surface area contributed by atoms with Crippen molar-refractivity contribution in [2.24, 2.45) is 0 Å². The summed E-state index contributed by atoms with van der Waals surface area (Å²) in [6.07, 6.45) is 2.51. The molecule has 8 heavy (non-hydrogen) atoms. The zero-order chi connectivity index (χ0) is 6.78. The van der Waals surface area contributed by atoms with Gasteiger partial charge in [-0.25, -0.2) is 13.2 Å². The molecule has 0 aromatic heterocycles. The van der Waals surface area contributed by atoms with Crippen LogP contribution >= 0.6 is 0 Å². The normalized spacial score (nSPS) is 21.8. The maximum atomic E-state index is 10.4. The van der Waals surface area contributed by atoms with Gasteiger partial charge in [-0.3, -0.25) is 0 Å². The molecular formula is C2H8N2O2S2. The molecule has 0 spiro atoms. The Bertz CT molecular complexity index is 182. The SMILES string of the molecule is CS(=O)NS(C)(=N)=O. The summed E-state index contributed by atoms with van der Waals surface area (Å²) in [4.78, 5) is 0. The second-order valence-corrected chi connectivity index (χ2v) is 4.64. The van der Waals surface area contributed by atoms with Gasteiger partial charge >= 0.3 is 0 Å². The molecule has 0 bridgehead atoms. The molecule has 0 aliphatic carbocycles. The number of nitrogens with one attached hydrogen (secondary N) is 2. The van der Waals surface area contributed by atoms with Gasteiger partial charge in [0.25, 0.3) is 0 Å². The lowest BCUT2D eigenvalue weighted by Gasteiger charge is -1.95. The first-order valence-corrected chi connectivity index (χ1v) is 5.29. The average Bonchev–Trinajstić information content (AvgIpc) is 1.21. The maximum absolute atomic E-state index is 10.4. The van der Waals surface area contributed by atoms with Gasteiger partial charge in [0, 0.05) is 12.5 Å². The number of hydrogen-bond donors (Lipinski definition) is 2. The summed E-state index contributed by atoms with van der Waals surface area (Å²) in [6, 6.07) is 0. The highest BCUT2D eigenvalue weighted by atomic mass is 32.3. The molecule has 2 atom stereocenters. The predicted molar refractivity (Wildman–Crippen MR) is 34.0 cm³/mol. The van der Waals surface area contributed by atoms with E-state index in [2.05, 4.69) is 0 Å². The van der Waals surface area contributed by atoms with Crippen molar-refractivity contribution in [3.05, 3.63) is 0 Å². The minimum atomic E-state index is -2.77. The van der Waals surface area contributed by atoms with Gasteiger partial charge in [0.05, 0.1) is 0 Å². The van der Waals surface area contributed by atoms with E-state index >= 15 is 0 Å². The van der Waals surface area contributed by atoms with E-state index in [1.54, 1.807) is 0 Å².